The van der Waals surface area contributed by atoms with E-state index in [0.717, 1.165) is 18.2 Å². The lowest BCUT2D eigenvalue weighted by atomic mass is 10.1. The zero-order chi connectivity index (χ0) is 50.8. The van der Waals surface area contributed by atoms with Gasteiger partial charge in [0.2, 0.25) is 17.3 Å². The normalized spacial score (nSPS) is 11.9. The van der Waals surface area contributed by atoms with Crippen molar-refractivity contribution >= 4 is 34.8 Å². The topological polar surface area (TPSA) is 226 Å². The van der Waals surface area contributed by atoms with Gasteiger partial charge >= 0.3 is 24.5 Å². The number of hydrogen-bond donors (Lipinski definition) is 5. The molecular formula is C44H46F9N7O7. The number of carboxylic acids is 1. The Morgan fingerprint density at radius 3 is 1.16 bits per heavy atom. The number of nitrogens with one attached hydrogen (secondary N) is 2. The molecule has 0 bridgehead atoms. The van der Waals surface area contributed by atoms with Crippen LogP contribution in [0.25, 0.3) is 0 Å². The molecule has 0 saturated carbocycles. The van der Waals surface area contributed by atoms with Crippen LogP contribution >= 0.6 is 0 Å². The van der Waals surface area contributed by atoms with Crippen molar-refractivity contribution in [3.05, 3.63) is 141 Å². The monoisotopic (exact) mass is 955 g/mol. The Balaban J connectivity index is 0.000000248. The molecule has 0 saturated heterocycles. The second-order valence-corrected chi connectivity index (χ2v) is 15.3. The Morgan fingerprint density at radius 2 is 0.866 bits per heavy atom. The van der Waals surface area contributed by atoms with Crippen molar-refractivity contribution in [3.8, 4) is 0 Å². The minimum atomic E-state index is -4.49. The molecule has 1 atom stereocenters. The standard InChI is InChI=1S/C15H15F3N2O2.C14H14F3N3O2.C8H8F3N.C7H9NO3/c1-8(2)12-7-13(22-20-12)14(21)19-10-5-4-9(3)11(6-10)15(16,17)18;1-7-3-4-9(5-10(7)14(15,16)17)19-13(21)12-6-11(8(2)18)20-22-12;1-5-2-3-6(12)4-7(5)8(9,10)11;1-4(2)5-3-6(7(9)10)11-8-5/h4-8H,1-3H3,(H,19,21);3-6,8H,18H2,1-2H3,(H,19,21);2-4H,12H2,1H3;3-4H,1-2H3,(H,9,10)/t;8-;;/m.0../s1. The number of rotatable bonds is 8. The van der Waals surface area contributed by atoms with E-state index in [1.807, 2.05) is 27.7 Å². The fourth-order valence-electron chi connectivity index (χ4n) is 5.28. The lowest BCUT2D eigenvalue weighted by molar-refractivity contribution is -0.138. The van der Waals surface area contributed by atoms with Crippen molar-refractivity contribution in [2.75, 3.05) is 16.4 Å². The van der Waals surface area contributed by atoms with Crippen molar-refractivity contribution < 1.29 is 72.6 Å². The molecule has 0 spiro atoms. The lowest BCUT2D eigenvalue weighted by Crippen LogP contribution is -2.13. The summed E-state index contributed by atoms with van der Waals surface area (Å²) in [6.45, 7) is 13.4. The molecule has 7 N–H and O–H groups in total. The molecule has 0 aliphatic rings. The number of aromatic carboxylic acids is 1. The number of carbonyl (C=O) groups excluding carboxylic acids is 2. The summed E-state index contributed by atoms with van der Waals surface area (Å²) in [6, 6.07) is 14.7. The van der Waals surface area contributed by atoms with E-state index < -0.39 is 59.0 Å². The minimum Gasteiger partial charge on any atom is -0.475 e. The number of aromatic nitrogens is 3. The van der Waals surface area contributed by atoms with E-state index in [4.69, 9.17) is 25.6 Å². The van der Waals surface area contributed by atoms with Crippen molar-refractivity contribution in [1.29, 1.82) is 0 Å². The number of aryl methyl sites for hydroxylation is 3. The van der Waals surface area contributed by atoms with Gasteiger partial charge in [0.05, 0.1) is 28.1 Å². The molecule has 0 radical (unpaired) electrons. The number of alkyl halides is 9. The number of hydrogen-bond acceptors (Lipinski definition) is 11. The summed E-state index contributed by atoms with van der Waals surface area (Å²) in [6.07, 6.45) is -13.3. The first-order valence-corrected chi connectivity index (χ1v) is 19.7. The maximum absolute atomic E-state index is 12.8. The van der Waals surface area contributed by atoms with E-state index in [1.165, 1.54) is 75.4 Å². The van der Waals surface area contributed by atoms with E-state index in [2.05, 4.69) is 30.6 Å². The molecule has 6 aromatic rings. The number of halogens is 9. The average molecular weight is 956 g/mol. The summed E-state index contributed by atoms with van der Waals surface area (Å²) in [5.74, 6) is -2.40. The summed E-state index contributed by atoms with van der Waals surface area (Å²) < 4.78 is 128. The van der Waals surface area contributed by atoms with Crippen LogP contribution in [-0.2, 0) is 18.5 Å². The van der Waals surface area contributed by atoms with Crippen molar-refractivity contribution in [2.45, 2.75) is 91.8 Å². The van der Waals surface area contributed by atoms with Gasteiger partial charge in [0.15, 0.2) is 0 Å². The van der Waals surface area contributed by atoms with Gasteiger partial charge in [-0.25, -0.2) is 4.79 Å². The Labute approximate surface area is 376 Å². The summed E-state index contributed by atoms with van der Waals surface area (Å²) in [4.78, 5) is 34.2. The quantitative estimate of drug-likeness (QED) is 0.0709. The molecule has 2 amide bonds. The Morgan fingerprint density at radius 1 is 0.537 bits per heavy atom. The molecule has 0 aliphatic heterocycles. The number of carbonyl (C=O) groups is 3. The van der Waals surface area contributed by atoms with Crippen molar-refractivity contribution in [1.82, 2.24) is 15.5 Å². The van der Waals surface area contributed by atoms with E-state index >= 15 is 0 Å². The largest absolute Gasteiger partial charge is 0.475 e. The number of amides is 2. The van der Waals surface area contributed by atoms with Gasteiger partial charge in [-0.3, -0.25) is 9.59 Å². The van der Waals surface area contributed by atoms with Crippen molar-refractivity contribution in [2.24, 2.45) is 5.73 Å². The van der Waals surface area contributed by atoms with Crippen LogP contribution in [-0.4, -0.2) is 38.4 Å². The first-order chi connectivity index (χ1) is 30.9. The van der Waals surface area contributed by atoms with E-state index in [0.29, 0.717) is 17.1 Å². The molecule has 362 valence electrons. The molecule has 14 nitrogen and oxygen atoms in total. The second kappa shape index (κ2) is 22.3. The third-order valence-corrected chi connectivity index (χ3v) is 9.06. The number of carboxylic acid groups (broad SMARTS) is 1. The minimum absolute atomic E-state index is 0.0154. The van der Waals surface area contributed by atoms with Crippen LogP contribution in [0.2, 0.25) is 0 Å². The van der Waals surface area contributed by atoms with Gasteiger partial charge in [-0.05, 0) is 92.6 Å². The smallest absolute Gasteiger partial charge is 0.416 e. The molecule has 0 unspecified atom stereocenters. The summed E-state index contributed by atoms with van der Waals surface area (Å²) in [5, 5.41) is 24.1. The number of nitrogens with zero attached hydrogens (tertiary/aromatic N) is 3. The summed E-state index contributed by atoms with van der Waals surface area (Å²) in [5.41, 5.74) is 10.8. The lowest BCUT2D eigenvalue weighted by Gasteiger charge is -2.12. The van der Waals surface area contributed by atoms with Crippen LogP contribution in [0.4, 0.5) is 56.6 Å². The second-order valence-electron chi connectivity index (χ2n) is 15.3. The van der Waals surface area contributed by atoms with Gasteiger partial charge in [-0.15, -0.1) is 0 Å². The van der Waals surface area contributed by atoms with E-state index in [-0.39, 0.29) is 62.9 Å². The highest BCUT2D eigenvalue weighted by Gasteiger charge is 2.34. The fraction of sp³-hybridized carbons (Fsp3) is 0.318. The molecule has 0 aliphatic carbocycles. The zero-order valence-corrected chi connectivity index (χ0v) is 37.0. The maximum Gasteiger partial charge on any atom is 0.416 e. The molecule has 3 heterocycles. The van der Waals surface area contributed by atoms with E-state index in [9.17, 15) is 53.9 Å². The third-order valence-electron chi connectivity index (χ3n) is 9.06. The number of benzene rings is 3. The van der Waals surface area contributed by atoms with Crippen LogP contribution in [0.3, 0.4) is 0 Å². The average Bonchev–Trinajstić information content (AvgIpc) is 4.02. The number of nitrogens with two attached hydrogens (primary N) is 2. The highest BCUT2D eigenvalue weighted by Crippen LogP contribution is 2.35. The summed E-state index contributed by atoms with van der Waals surface area (Å²) in [7, 11) is 0. The highest BCUT2D eigenvalue weighted by atomic mass is 19.4. The van der Waals surface area contributed by atoms with Gasteiger partial charge in [0.1, 0.15) is 5.69 Å². The van der Waals surface area contributed by atoms with Gasteiger partial charge in [0, 0.05) is 41.3 Å². The number of nitrogen functional groups attached to an aromatic ring is 1. The zero-order valence-electron chi connectivity index (χ0n) is 37.0. The predicted molar refractivity (Wildman–Crippen MR) is 226 cm³/mol. The van der Waals surface area contributed by atoms with Gasteiger partial charge in [-0.2, -0.15) is 39.5 Å². The van der Waals surface area contributed by atoms with Crippen molar-refractivity contribution in [3.63, 3.8) is 0 Å². The molecule has 3 aromatic carbocycles. The Kier molecular flexibility index (Phi) is 18.1. The van der Waals surface area contributed by atoms with Crippen LogP contribution in [0, 0.1) is 20.8 Å². The van der Waals surface area contributed by atoms with Crippen LogP contribution in [0.15, 0.2) is 86.4 Å². The van der Waals surface area contributed by atoms with Crippen LogP contribution < -0.4 is 22.1 Å². The van der Waals surface area contributed by atoms with Gasteiger partial charge in [-0.1, -0.05) is 61.4 Å². The van der Waals surface area contributed by atoms with Crippen LogP contribution in [0.5, 0.6) is 0 Å². The third kappa shape index (κ3) is 16.0. The Bertz CT molecular complexity index is 2510. The summed E-state index contributed by atoms with van der Waals surface area (Å²) >= 11 is 0. The maximum atomic E-state index is 12.8. The van der Waals surface area contributed by atoms with E-state index in [1.54, 1.807) is 6.92 Å². The molecule has 3 aromatic heterocycles. The predicted octanol–water partition coefficient (Wildman–Crippen LogP) is 11.7. The van der Waals surface area contributed by atoms with Crippen LogP contribution in [0.1, 0.15) is 135 Å². The molecule has 0 fully saturated rings. The van der Waals surface area contributed by atoms with Gasteiger partial charge in [0.25, 0.3) is 11.8 Å². The SMILES string of the molecule is CC(C)c1cc(C(=O)O)on1.Cc1ccc(N)cc1C(F)(F)F.Cc1ccc(NC(=O)c2cc(C(C)C)no2)cc1C(F)(F)F.Cc1ccc(NC(=O)c2cc([C@H](C)N)no2)cc1C(F)(F)F. The fourth-order valence-corrected chi connectivity index (χ4v) is 5.28. The first-order valence-electron chi connectivity index (χ1n) is 19.7. The van der Waals surface area contributed by atoms with Gasteiger partial charge < -0.3 is 40.8 Å². The highest BCUT2D eigenvalue weighted by molar-refractivity contribution is 6.03. The first kappa shape index (κ1) is 54.2. The Hall–Kier alpha value is -7.17. The molecule has 6 rings (SSSR count). The molecule has 23 heteroatoms. The number of anilines is 3. The molecular weight excluding hydrogens is 910 g/mol. The molecule has 67 heavy (non-hydrogen) atoms.